The maximum Gasteiger partial charge on any atom is 0.328 e. The highest BCUT2D eigenvalue weighted by atomic mass is 16.4. The lowest BCUT2D eigenvalue weighted by Gasteiger charge is -2.26. The average molecular weight is 428 g/mol. The van der Waals surface area contributed by atoms with Crippen LogP contribution in [0.4, 0.5) is 0 Å². The number of aliphatic hydroxyl groups excluding tert-OH is 1. The number of aliphatic imine (C=N–C) groups is 1. The molecule has 3 aromatic carbocycles. The highest BCUT2D eigenvalue weighted by Gasteiger charge is 2.33. The lowest BCUT2D eigenvalue weighted by molar-refractivity contribution is -0.138. The molecule has 5 heteroatoms. The maximum absolute atomic E-state index is 13.2. The zero-order valence-electron chi connectivity index (χ0n) is 17.9. The van der Waals surface area contributed by atoms with Crippen LogP contribution in [0.5, 0.6) is 0 Å². The highest BCUT2D eigenvalue weighted by Crippen LogP contribution is 2.34. The molecule has 0 heterocycles. The van der Waals surface area contributed by atoms with Gasteiger partial charge in [-0.2, -0.15) is 0 Å². The Hall–Kier alpha value is -3.73. The van der Waals surface area contributed by atoms with Crippen molar-refractivity contribution >= 4 is 28.2 Å². The van der Waals surface area contributed by atoms with E-state index in [1.165, 1.54) is 6.92 Å². The molecule has 0 radical (unpaired) electrons. The van der Waals surface area contributed by atoms with Gasteiger partial charge in [0, 0.05) is 12.8 Å². The van der Waals surface area contributed by atoms with Crippen LogP contribution in [0.15, 0.2) is 89.1 Å². The number of aliphatic hydroxyl groups is 1. The Morgan fingerprint density at radius 3 is 2.41 bits per heavy atom. The van der Waals surface area contributed by atoms with Gasteiger partial charge in [-0.25, -0.2) is 4.79 Å². The van der Waals surface area contributed by atoms with Gasteiger partial charge in [-0.05, 0) is 41.2 Å². The molecule has 1 aliphatic rings. The van der Waals surface area contributed by atoms with Gasteiger partial charge in [0.05, 0.1) is 11.3 Å². The Labute approximate surface area is 186 Å². The van der Waals surface area contributed by atoms with E-state index in [-0.39, 0.29) is 35.9 Å². The number of aliphatic carboxylic acids is 1. The van der Waals surface area contributed by atoms with Gasteiger partial charge in [-0.3, -0.25) is 9.79 Å². The number of allylic oxidation sites excluding steroid dienone is 2. The number of hydrogen-bond donors (Lipinski definition) is 2. The summed E-state index contributed by atoms with van der Waals surface area (Å²) in [5.41, 5.74) is 2.43. The van der Waals surface area contributed by atoms with Gasteiger partial charge < -0.3 is 10.2 Å². The monoisotopic (exact) mass is 427 g/mol. The summed E-state index contributed by atoms with van der Waals surface area (Å²) in [7, 11) is 0. The van der Waals surface area contributed by atoms with E-state index in [1.54, 1.807) is 0 Å². The van der Waals surface area contributed by atoms with E-state index in [0.29, 0.717) is 12.1 Å². The Morgan fingerprint density at radius 1 is 0.969 bits per heavy atom. The molecule has 3 aromatic rings. The van der Waals surface area contributed by atoms with Crippen LogP contribution in [0.3, 0.4) is 0 Å². The van der Waals surface area contributed by atoms with Crippen molar-refractivity contribution in [3.63, 3.8) is 0 Å². The van der Waals surface area contributed by atoms with Crippen molar-refractivity contribution in [2.24, 2.45) is 4.99 Å². The number of carbonyl (C=O) groups excluding carboxylic acids is 1. The first-order valence-corrected chi connectivity index (χ1v) is 10.7. The molecule has 5 nitrogen and oxygen atoms in total. The molecular formula is C27H25NO4. The Bertz CT molecular complexity index is 1220. The molecule has 1 fully saturated rings. The molecule has 32 heavy (non-hydrogen) atoms. The number of Topliss-reactive ketones (excluding diaryl/α,β-unsaturated/α-hetero) is 1. The van der Waals surface area contributed by atoms with Crippen molar-refractivity contribution in [1.29, 1.82) is 0 Å². The summed E-state index contributed by atoms with van der Waals surface area (Å²) in [5, 5.41) is 22.5. The maximum atomic E-state index is 13.2. The van der Waals surface area contributed by atoms with E-state index in [0.717, 1.165) is 21.9 Å². The van der Waals surface area contributed by atoms with E-state index in [1.807, 2.05) is 72.8 Å². The second-order valence-corrected chi connectivity index (χ2v) is 8.17. The fourth-order valence-corrected chi connectivity index (χ4v) is 4.30. The molecule has 0 amide bonds. The average Bonchev–Trinajstić information content (AvgIpc) is 2.79. The quantitative estimate of drug-likeness (QED) is 0.430. The molecule has 0 bridgehead atoms. The summed E-state index contributed by atoms with van der Waals surface area (Å²) in [6.07, 6.45) is 0.834. The fraction of sp³-hybridized carbons (Fsp3) is 0.222. The minimum absolute atomic E-state index is 0.0609. The summed E-state index contributed by atoms with van der Waals surface area (Å²) >= 11 is 0. The first-order valence-electron chi connectivity index (χ1n) is 10.7. The van der Waals surface area contributed by atoms with Crippen molar-refractivity contribution in [1.82, 2.24) is 0 Å². The Kier molecular flexibility index (Phi) is 6.17. The summed E-state index contributed by atoms with van der Waals surface area (Å²) < 4.78 is 0. The summed E-state index contributed by atoms with van der Waals surface area (Å²) in [5.74, 6) is -1.44. The fourth-order valence-electron chi connectivity index (χ4n) is 4.30. The molecule has 4 rings (SSSR count). The number of hydrogen-bond acceptors (Lipinski definition) is 4. The zero-order chi connectivity index (χ0) is 22.7. The van der Waals surface area contributed by atoms with Crippen LogP contribution in [0.25, 0.3) is 10.8 Å². The van der Waals surface area contributed by atoms with Gasteiger partial charge in [0.1, 0.15) is 11.8 Å². The molecule has 0 aliphatic heterocycles. The van der Waals surface area contributed by atoms with Gasteiger partial charge >= 0.3 is 5.97 Å². The van der Waals surface area contributed by atoms with Crippen molar-refractivity contribution in [3.05, 3.63) is 95.3 Å². The number of nitrogens with zero attached hydrogens (tertiary/aromatic N) is 1. The Morgan fingerprint density at radius 2 is 1.66 bits per heavy atom. The predicted octanol–water partition coefficient (Wildman–Crippen LogP) is 5.26. The van der Waals surface area contributed by atoms with E-state index in [4.69, 9.17) is 0 Å². The summed E-state index contributed by atoms with van der Waals surface area (Å²) in [6, 6.07) is 22.4. The molecule has 162 valence electrons. The molecule has 1 aliphatic carbocycles. The van der Waals surface area contributed by atoms with Crippen molar-refractivity contribution < 1.29 is 19.8 Å². The van der Waals surface area contributed by atoms with Crippen molar-refractivity contribution in [3.8, 4) is 0 Å². The number of benzene rings is 3. The van der Waals surface area contributed by atoms with Crippen molar-refractivity contribution in [2.45, 2.75) is 38.1 Å². The molecular weight excluding hydrogens is 402 g/mol. The lowest BCUT2D eigenvalue weighted by atomic mass is 9.78. The molecule has 0 saturated heterocycles. The lowest BCUT2D eigenvalue weighted by Crippen LogP contribution is -2.29. The normalized spacial score (nSPS) is 20.3. The predicted molar refractivity (Wildman–Crippen MR) is 125 cm³/mol. The standard InChI is InChI=1S/C27H25NO4/c1-17(27(31)32)28-23-14-21(18-8-3-2-4-9-18)16-25(30)26(23)24(29)15-20-12-7-11-19-10-5-6-13-22(19)20/h2-13,17,21,29H,14-16H2,1H3,(H,31,32). The van der Waals surface area contributed by atoms with Crippen LogP contribution in [0.2, 0.25) is 0 Å². The second-order valence-electron chi connectivity index (χ2n) is 8.17. The van der Waals surface area contributed by atoms with Gasteiger partial charge in [-0.1, -0.05) is 72.8 Å². The number of carbonyl (C=O) groups is 2. The summed E-state index contributed by atoms with van der Waals surface area (Å²) in [6.45, 7) is 1.48. The van der Waals surface area contributed by atoms with Gasteiger partial charge in [0.25, 0.3) is 0 Å². The third-order valence-corrected chi connectivity index (χ3v) is 5.94. The topological polar surface area (TPSA) is 87.0 Å². The highest BCUT2D eigenvalue weighted by molar-refractivity contribution is 6.25. The molecule has 0 aromatic heterocycles. The first kappa shape index (κ1) is 21.5. The Balaban J connectivity index is 1.75. The van der Waals surface area contributed by atoms with Gasteiger partial charge in [-0.15, -0.1) is 0 Å². The van der Waals surface area contributed by atoms with Crippen LogP contribution in [0.1, 0.15) is 36.8 Å². The zero-order valence-corrected chi connectivity index (χ0v) is 17.9. The van der Waals surface area contributed by atoms with E-state index < -0.39 is 12.0 Å². The minimum atomic E-state index is -1.07. The molecule has 0 spiro atoms. The van der Waals surface area contributed by atoms with Crippen LogP contribution in [-0.2, 0) is 16.0 Å². The number of fused-ring (bicyclic) bond motifs is 1. The number of carboxylic acids is 1. The van der Waals surface area contributed by atoms with E-state index in [2.05, 4.69) is 4.99 Å². The van der Waals surface area contributed by atoms with Crippen molar-refractivity contribution in [2.75, 3.05) is 0 Å². The molecule has 2 atom stereocenters. The third-order valence-electron chi connectivity index (χ3n) is 5.94. The van der Waals surface area contributed by atoms with Gasteiger partial charge in [0.2, 0.25) is 0 Å². The largest absolute Gasteiger partial charge is 0.511 e. The summed E-state index contributed by atoms with van der Waals surface area (Å²) in [4.78, 5) is 29.0. The first-order chi connectivity index (χ1) is 15.4. The molecule has 2 N–H and O–H groups in total. The SMILES string of the molecule is CC(N=C1CC(c2ccccc2)CC(=O)C1=C(O)Cc1cccc2ccccc12)C(=O)O. The van der Waals surface area contributed by atoms with Crippen LogP contribution < -0.4 is 0 Å². The van der Waals surface area contributed by atoms with Crippen LogP contribution >= 0.6 is 0 Å². The van der Waals surface area contributed by atoms with Crippen LogP contribution in [0, 0.1) is 0 Å². The second kappa shape index (κ2) is 9.18. The molecule has 2 unspecified atom stereocenters. The number of carboxylic acid groups (broad SMARTS) is 1. The number of ketones is 1. The molecule has 1 saturated carbocycles. The smallest absolute Gasteiger partial charge is 0.328 e. The minimum Gasteiger partial charge on any atom is -0.511 e. The van der Waals surface area contributed by atoms with Gasteiger partial charge in [0.15, 0.2) is 5.78 Å². The van der Waals surface area contributed by atoms with E-state index in [9.17, 15) is 19.8 Å². The van der Waals surface area contributed by atoms with E-state index >= 15 is 0 Å². The van der Waals surface area contributed by atoms with Crippen LogP contribution in [-0.4, -0.2) is 33.7 Å². The third kappa shape index (κ3) is 4.47. The number of rotatable bonds is 5.